The number of thioether (sulfide) groups is 1. The molecule has 0 aliphatic carbocycles. The molecule has 0 spiro atoms. The second kappa shape index (κ2) is 6.60. The zero-order valence-electron chi connectivity index (χ0n) is 12.5. The smallest absolute Gasteiger partial charge is 0.251 e. The fourth-order valence-electron chi connectivity index (χ4n) is 2.64. The lowest BCUT2D eigenvalue weighted by Gasteiger charge is -2.24. The molecule has 0 saturated carbocycles. The number of hydrogen-bond donors (Lipinski definition) is 2. The molecular formula is C17H14F2N2O2S. The van der Waals surface area contributed by atoms with E-state index in [4.69, 9.17) is 5.73 Å². The molecule has 0 aromatic heterocycles. The first kappa shape index (κ1) is 16.4. The van der Waals surface area contributed by atoms with Crippen molar-refractivity contribution in [2.24, 2.45) is 5.73 Å². The molecule has 3 N–H and O–H groups in total. The Bertz CT molecular complexity index is 826. The highest BCUT2D eigenvalue weighted by Crippen LogP contribution is 2.37. The van der Waals surface area contributed by atoms with Crippen LogP contribution in [0.1, 0.15) is 26.7 Å². The molecule has 0 unspecified atom stereocenters. The third-order valence-corrected chi connectivity index (χ3v) is 5.05. The van der Waals surface area contributed by atoms with E-state index in [1.165, 1.54) is 11.8 Å². The van der Waals surface area contributed by atoms with Gasteiger partial charge in [-0.15, -0.1) is 11.8 Å². The van der Waals surface area contributed by atoms with E-state index in [0.717, 1.165) is 29.4 Å². The van der Waals surface area contributed by atoms with Crippen molar-refractivity contribution in [3.8, 4) is 0 Å². The molecule has 0 radical (unpaired) electrons. The molecule has 2 aromatic rings. The molecule has 1 aliphatic rings. The molecule has 1 aliphatic heterocycles. The molecular weight excluding hydrogens is 334 g/mol. The van der Waals surface area contributed by atoms with Crippen molar-refractivity contribution in [2.75, 3.05) is 11.1 Å². The third-order valence-electron chi connectivity index (χ3n) is 3.81. The second-order valence-corrected chi connectivity index (χ2v) is 6.58. The van der Waals surface area contributed by atoms with Crippen molar-refractivity contribution in [1.82, 2.24) is 0 Å². The van der Waals surface area contributed by atoms with E-state index in [1.807, 2.05) is 24.3 Å². The third kappa shape index (κ3) is 3.12. The molecule has 1 heterocycles. The Labute approximate surface area is 141 Å². The minimum atomic E-state index is -1.06. The number of halogens is 2. The molecule has 0 bridgehead atoms. The first-order valence-corrected chi connectivity index (χ1v) is 8.31. The van der Waals surface area contributed by atoms with Crippen molar-refractivity contribution < 1.29 is 18.4 Å². The lowest BCUT2D eigenvalue weighted by molar-refractivity contribution is -0.115. The van der Waals surface area contributed by atoms with Crippen LogP contribution < -0.4 is 11.1 Å². The lowest BCUT2D eigenvalue weighted by atomic mass is 10.0. The maximum absolute atomic E-state index is 13.9. The Kier molecular flexibility index (Phi) is 4.53. The Hall–Kier alpha value is -2.41. The van der Waals surface area contributed by atoms with Crippen molar-refractivity contribution in [3.63, 3.8) is 0 Å². The fraction of sp³-hybridized carbons (Fsp3) is 0.176. The minimum absolute atomic E-state index is 0.265. The summed E-state index contributed by atoms with van der Waals surface area (Å²) in [7, 11) is 0. The largest absolute Gasteiger partial charge is 0.366 e. The topological polar surface area (TPSA) is 72.2 Å². The first-order valence-electron chi connectivity index (χ1n) is 7.26. The summed E-state index contributed by atoms with van der Waals surface area (Å²) >= 11 is 1.45. The Balaban J connectivity index is 1.89. The van der Waals surface area contributed by atoms with Crippen LogP contribution in [-0.4, -0.2) is 17.6 Å². The molecule has 24 heavy (non-hydrogen) atoms. The summed E-state index contributed by atoms with van der Waals surface area (Å²) < 4.78 is 27.4. The number of carbonyl (C=O) groups is 2. The van der Waals surface area contributed by atoms with Crippen LogP contribution in [0.5, 0.6) is 0 Å². The van der Waals surface area contributed by atoms with Gasteiger partial charge in [-0.05, 0) is 29.4 Å². The predicted molar refractivity (Wildman–Crippen MR) is 88.9 cm³/mol. The SMILES string of the molecule is NC(=O)c1cc(NC(=O)[C@H]2SCCc3ccccc32)c(F)cc1F. The molecule has 3 rings (SSSR count). The summed E-state index contributed by atoms with van der Waals surface area (Å²) in [4.78, 5) is 23.7. The lowest BCUT2D eigenvalue weighted by Crippen LogP contribution is -2.24. The van der Waals surface area contributed by atoms with Crippen molar-refractivity contribution in [3.05, 3.63) is 64.7 Å². The number of primary amides is 1. The number of amides is 2. The maximum atomic E-state index is 13.9. The second-order valence-electron chi connectivity index (χ2n) is 5.37. The minimum Gasteiger partial charge on any atom is -0.366 e. The molecule has 7 heteroatoms. The number of fused-ring (bicyclic) bond motifs is 1. The number of benzene rings is 2. The van der Waals surface area contributed by atoms with E-state index in [0.29, 0.717) is 6.07 Å². The van der Waals surface area contributed by atoms with Crippen LogP contribution in [0.25, 0.3) is 0 Å². The molecule has 2 amide bonds. The Morgan fingerprint density at radius 1 is 1.17 bits per heavy atom. The van der Waals surface area contributed by atoms with Gasteiger partial charge in [0.05, 0.1) is 11.3 Å². The highest BCUT2D eigenvalue weighted by molar-refractivity contribution is 8.00. The fourth-order valence-corrected chi connectivity index (χ4v) is 3.84. The van der Waals surface area contributed by atoms with Gasteiger partial charge in [0.15, 0.2) is 0 Å². The highest BCUT2D eigenvalue weighted by Gasteiger charge is 2.27. The van der Waals surface area contributed by atoms with E-state index < -0.39 is 34.3 Å². The molecule has 1 atom stereocenters. The van der Waals surface area contributed by atoms with Gasteiger partial charge in [-0.2, -0.15) is 0 Å². The quantitative estimate of drug-likeness (QED) is 0.895. The van der Waals surface area contributed by atoms with Crippen LogP contribution in [0.3, 0.4) is 0 Å². The number of nitrogens with one attached hydrogen (secondary N) is 1. The van der Waals surface area contributed by atoms with E-state index in [9.17, 15) is 18.4 Å². The average Bonchev–Trinajstić information content (AvgIpc) is 2.56. The van der Waals surface area contributed by atoms with E-state index in [-0.39, 0.29) is 5.69 Å². The number of aryl methyl sites for hydroxylation is 1. The van der Waals surface area contributed by atoms with Crippen molar-refractivity contribution >= 4 is 29.3 Å². The van der Waals surface area contributed by atoms with Gasteiger partial charge in [-0.25, -0.2) is 8.78 Å². The van der Waals surface area contributed by atoms with Gasteiger partial charge in [0.1, 0.15) is 16.9 Å². The standard InChI is InChI=1S/C17H14F2N2O2S/c18-12-8-13(19)14(7-11(12)16(20)22)21-17(23)15-10-4-2-1-3-9(10)5-6-24-15/h1-4,7-8,15H,5-6H2,(H2,20,22)(H,21,23)/t15-/m0/s1. The highest BCUT2D eigenvalue weighted by atomic mass is 32.2. The van der Waals surface area contributed by atoms with E-state index in [1.54, 1.807) is 0 Å². The van der Waals surface area contributed by atoms with Crippen molar-refractivity contribution in [1.29, 1.82) is 0 Å². The van der Waals surface area contributed by atoms with Crippen molar-refractivity contribution in [2.45, 2.75) is 11.7 Å². The number of nitrogens with two attached hydrogens (primary N) is 1. The summed E-state index contributed by atoms with van der Waals surface area (Å²) in [6.07, 6.45) is 0.862. The van der Waals surface area contributed by atoms with Gasteiger partial charge in [-0.1, -0.05) is 24.3 Å². The van der Waals surface area contributed by atoms with Crippen LogP contribution >= 0.6 is 11.8 Å². The van der Waals surface area contributed by atoms with Gasteiger partial charge in [0, 0.05) is 6.07 Å². The number of carbonyl (C=O) groups excluding carboxylic acids is 2. The summed E-state index contributed by atoms with van der Waals surface area (Å²) in [5.74, 6) is -2.70. The molecule has 4 nitrogen and oxygen atoms in total. The summed E-state index contributed by atoms with van der Waals surface area (Å²) in [6, 6.07) is 9.03. The zero-order valence-corrected chi connectivity index (χ0v) is 13.3. The van der Waals surface area contributed by atoms with Crippen LogP contribution in [0, 0.1) is 11.6 Å². The predicted octanol–water partition coefficient (Wildman–Crippen LogP) is 3.03. The van der Waals surface area contributed by atoms with Crippen LogP contribution in [0.15, 0.2) is 36.4 Å². The Morgan fingerprint density at radius 3 is 2.67 bits per heavy atom. The summed E-state index contributed by atoms with van der Waals surface area (Å²) in [6.45, 7) is 0. The molecule has 124 valence electrons. The van der Waals surface area contributed by atoms with E-state index >= 15 is 0 Å². The number of rotatable bonds is 3. The molecule has 0 saturated heterocycles. The Morgan fingerprint density at radius 2 is 1.92 bits per heavy atom. The normalized spacial score (nSPS) is 16.3. The van der Waals surface area contributed by atoms with Crippen LogP contribution in [-0.2, 0) is 11.2 Å². The van der Waals surface area contributed by atoms with Gasteiger partial charge in [0.25, 0.3) is 5.91 Å². The van der Waals surface area contributed by atoms with Gasteiger partial charge >= 0.3 is 0 Å². The summed E-state index contributed by atoms with van der Waals surface area (Å²) in [5.41, 5.74) is 6.27. The molecule has 2 aromatic carbocycles. The van der Waals surface area contributed by atoms with Crippen LogP contribution in [0.2, 0.25) is 0 Å². The number of anilines is 1. The van der Waals surface area contributed by atoms with Gasteiger partial charge < -0.3 is 11.1 Å². The monoisotopic (exact) mass is 348 g/mol. The average molecular weight is 348 g/mol. The maximum Gasteiger partial charge on any atom is 0.251 e. The van der Waals surface area contributed by atoms with Gasteiger partial charge in [0.2, 0.25) is 5.91 Å². The summed E-state index contributed by atoms with van der Waals surface area (Å²) in [5, 5.41) is 1.94. The molecule has 0 fully saturated rings. The van der Waals surface area contributed by atoms with Crippen LogP contribution in [0.4, 0.5) is 14.5 Å². The number of hydrogen-bond acceptors (Lipinski definition) is 3. The van der Waals surface area contributed by atoms with Gasteiger partial charge in [-0.3, -0.25) is 9.59 Å². The zero-order chi connectivity index (χ0) is 17.3. The van der Waals surface area contributed by atoms with E-state index in [2.05, 4.69) is 5.32 Å². The first-order chi connectivity index (χ1) is 11.5.